The van der Waals surface area contributed by atoms with Gasteiger partial charge in [-0.3, -0.25) is 20.1 Å². The van der Waals surface area contributed by atoms with Crippen LogP contribution < -0.4 is 5.01 Å². The van der Waals surface area contributed by atoms with Gasteiger partial charge in [-0.25, -0.2) is 0 Å². The summed E-state index contributed by atoms with van der Waals surface area (Å²) in [7, 11) is 0. The van der Waals surface area contributed by atoms with E-state index in [0.717, 1.165) is 5.69 Å². The highest BCUT2D eigenvalue weighted by Crippen LogP contribution is 2.34. The number of fused-ring (bicyclic) bond motifs is 3. The lowest BCUT2D eigenvalue weighted by molar-refractivity contribution is -0.376. The molecular weight excluding hydrogens is 218 g/mol. The van der Waals surface area contributed by atoms with Crippen LogP contribution in [-0.4, -0.2) is 9.93 Å². The molecule has 0 aliphatic carbocycles. The van der Waals surface area contributed by atoms with E-state index in [9.17, 15) is 10.1 Å². The van der Waals surface area contributed by atoms with Gasteiger partial charge in [-0.05, 0) is 24.3 Å². The van der Waals surface area contributed by atoms with Gasteiger partial charge in [0.2, 0.25) is 0 Å². The van der Waals surface area contributed by atoms with Gasteiger partial charge in [-0.15, -0.1) is 0 Å². The number of anilines is 1. The van der Waals surface area contributed by atoms with E-state index in [2.05, 4.69) is 0 Å². The predicted octanol–water partition coefficient (Wildman–Crippen LogP) is 2.34. The van der Waals surface area contributed by atoms with Crippen molar-refractivity contribution < 1.29 is 4.92 Å². The topological polar surface area (TPSA) is 49.6 Å². The average Bonchev–Trinajstić information content (AvgIpc) is 2.37. The van der Waals surface area contributed by atoms with Crippen LogP contribution in [-0.2, 0) is 0 Å². The molecule has 0 bridgehead atoms. The Labute approximate surface area is 97.7 Å². The van der Waals surface area contributed by atoms with Crippen LogP contribution in [0.25, 0.3) is 5.70 Å². The van der Waals surface area contributed by atoms with Crippen molar-refractivity contribution in [2.75, 3.05) is 5.01 Å². The molecule has 0 atom stereocenters. The minimum absolute atomic E-state index is 0.108. The zero-order chi connectivity index (χ0) is 11.8. The molecule has 0 aromatic heterocycles. The molecule has 0 saturated carbocycles. The Kier molecular flexibility index (Phi) is 1.98. The van der Waals surface area contributed by atoms with E-state index >= 15 is 0 Å². The third-order valence-corrected chi connectivity index (χ3v) is 2.70. The van der Waals surface area contributed by atoms with Gasteiger partial charge in [0.25, 0.3) is 5.70 Å². The summed E-state index contributed by atoms with van der Waals surface area (Å²) in [6, 6.07) is 7.29. The van der Waals surface area contributed by atoms with Gasteiger partial charge in [0.15, 0.2) is 0 Å². The standard InChI is InChI=1S/C12H9N3O2/c16-15(17)12-9-13-7-3-4-8-14(13)11-6-2-1-5-10(11)12/h1-9H. The lowest BCUT2D eigenvalue weighted by atomic mass is 10.1. The van der Waals surface area contributed by atoms with Crippen LogP contribution in [0.4, 0.5) is 5.69 Å². The molecular formula is C12H9N3O2. The maximum absolute atomic E-state index is 11.0. The fourth-order valence-electron chi connectivity index (χ4n) is 1.96. The molecule has 0 saturated heterocycles. The second-order valence-corrected chi connectivity index (χ2v) is 3.70. The molecule has 2 aliphatic rings. The second-order valence-electron chi connectivity index (χ2n) is 3.70. The number of nitro groups is 1. The SMILES string of the molecule is O=[N+]([O-])C1=CN2C=CC=CN2c2ccccc21. The van der Waals surface area contributed by atoms with Crippen LogP contribution in [0.2, 0.25) is 0 Å². The van der Waals surface area contributed by atoms with E-state index < -0.39 is 0 Å². The van der Waals surface area contributed by atoms with Crippen LogP contribution in [0.1, 0.15) is 5.56 Å². The smallest absolute Gasteiger partial charge is 0.258 e. The highest BCUT2D eigenvalue weighted by molar-refractivity contribution is 5.76. The van der Waals surface area contributed by atoms with E-state index in [0.29, 0.717) is 5.56 Å². The van der Waals surface area contributed by atoms with Gasteiger partial charge < -0.3 is 0 Å². The molecule has 0 radical (unpaired) electrons. The number of hydrazine groups is 1. The maximum Gasteiger partial charge on any atom is 0.296 e. The van der Waals surface area contributed by atoms with Crippen molar-refractivity contribution in [3.63, 3.8) is 0 Å². The largest absolute Gasteiger partial charge is 0.296 e. The Hall–Kier alpha value is -2.56. The van der Waals surface area contributed by atoms with Crippen LogP contribution in [0.3, 0.4) is 0 Å². The Bertz CT molecular complexity index is 575. The van der Waals surface area contributed by atoms with Crippen molar-refractivity contribution in [3.05, 3.63) is 70.7 Å². The lowest BCUT2D eigenvalue weighted by Gasteiger charge is -2.35. The minimum Gasteiger partial charge on any atom is -0.258 e. The van der Waals surface area contributed by atoms with Gasteiger partial charge in [0.1, 0.15) is 6.20 Å². The monoisotopic (exact) mass is 227 g/mol. The molecule has 1 aromatic rings. The summed E-state index contributed by atoms with van der Waals surface area (Å²) in [5, 5.41) is 14.6. The number of benzene rings is 1. The molecule has 0 unspecified atom stereocenters. The lowest BCUT2D eigenvalue weighted by Crippen LogP contribution is -2.35. The molecule has 0 fully saturated rings. The van der Waals surface area contributed by atoms with E-state index in [-0.39, 0.29) is 10.6 Å². The molecule has 17 heavy (non-hydrogen) atoms. The van der Waals surface area contributed by atoms with Crippen LogP contribution in [0.5, 0.6) is 0 Å². The highest BCUT2D eigenvalue weighted by Gasteiger charge is 2.29. The number of nitrogens with zero attached hydrogens (tertiary/aromatic N) is 3. The van der Waals surface area contributed by atoms with Gasteiger partial charge in [0, 0.05) is 12.4 Å². The Morgan fingerprint density at radius 3 is 2.71 bits per heavy atom. The minimum atomic E-state index is -0.359. The zero-order valence-electron chi connectivity index (χ0n) is 8.85. The zero-order valence-corrected chi connectivity index (χ0v) is 8.85. The third kappa shape index (κ3) is 1.40. The Balaban J connectivity index is 2.21. The molecule has 0 amide bonds. The summed E-state index contributed by atoms with van der Waals surface area (Å²) >= 11 is 0. The van der Waals surface area contributed by atoms with Gasteiger partial charge >= 0.3 is 0 Å². The molecule has 2 aliphatic heterocycles. The average molecular weight is 227 g/mol. The van der Waals surface area contributed by atoms with Crippen LogP contribution in [0.15, 0.2) is 55.0 Å². The summed E-state index contributed by atoms with van der Waals surface area (Å²) in [5.41, 5.74) is 1.55. The van der Waals surface area contributed by atoms with Crippen molar-refractivity contribution >= 4 is 11.4 Å². The number of para-hydroxylation sites is 1. The van der Waals surface area contributed by atoms with Crippen LogP contribution in [0, 0.1) is 10.1 Å². The van der Waals surface area contributed by atoms with Crippen LogP contribution >= 0.6 is 0 Å². The summed E-state index contributed by atoms with van der Waals surface area (Å²) in [4.78, 5) is 10.7. The first-order valence-electron chi connectivity index (χ1n) is 5.15. The highest BCUT2D eigenvalue weighted by atomic mass is 16.6. The van der Waals surface area contributed by atoms with Crippen molar-refractivity contribution in [2.45, 2.75) is 0 Å². The molecule has 3 rings (SSSR count). The second kappa shape index (κ2) is 3.48. The number of hydrogen-bond acceptors (Lipinski definition) is 4. The summed E-state index contributed by atoms with van der Waals surface area (Å²) in [5.74, 6) is 0. The van der Waals surface area contributed by atoms with Gasteiger partial charge in [-0.1, -0.05) is 12.1 Å². The predicted molar refractivity (Wildman–Crippen MR) is 64.0 cm³/mol. The fraction of sp³-hybridized carbons (Fsp3) is 0. The van der Waals surface area contributed by atoms with E-state index in [1.165, 1.54) is 6.20 Å². The van der Waals surface area contributed by atoms with Crippen molar-refractivity contribution in [3.8, 4) is 0 Å². The number of hydrogen-bond donors (Lipinski definition) is 0. The maximum atomic E-state index is 11.0. The van der Waals surface area contributed by atoms with Crippen molar-refractivity contribution in [1.29, 1.82) is 0 Å². The fourth-order valence-corrected chi connectivity index (χ4v) is 1.96. The summed E-state index contributed by atoms with van der Waals surface area (Å²) in [6.07, 6.45) is 8.88. The van der Waals surface area contributed by atoms with E-state index in [1.54, 1.807) is 23.3 Å². The van der Waals surface area contributed by atoms with E-state index in [4.69, 9.17) is 0 Å². The van der Waals surface area contributed by atoms with Crippen molar-refractivity contribution in [1.82, 2.24) is 5.01 Å². The molecule has 0 N–H and O–H groups in total. The van der Waals surface area contributed by atoms with Crippen molar-refractivity contribution in [2.24, 2.45) is 0 Å². The normalized spacial score (nSPS) is 16.4. The number of rotatable bonds is 1. The summed E-state index contributed by atoms with van der Waals surface area (Å²) in [6.45, 7) is 0. The van der Waals surface area contributed by atoms with Gasteiger partial charge in [-0.2, -0.15) is 0 Å². The molecule has 0 spiro atoms. The van der Waals surface area contributed by atoms with E-state index in [1.807, 2.05) is 35.5 Å². The number of allylic oxidation sites excluding steroid dienone is 2. The molecule has 1 aromatic carbocycles. The Morgan fingerprint density at radius 1 is 1.12 bits per heavy atom. The molecule has 5 heteroatoms. The first-order valence-corrected chi connectivity index (χ1v) is 5.15. The third-order valence-electron chi connectivity index (χ3n) is 2.70. The first kappa shape index (κ1) is 9.65. The summed E-state index contributed by atoms with van der Waals surface area (Å²) < 4.78 is 0. The molecule has 84 valence electrons. The molecule has 5 nitrogen and oxygen atoms in total. The molecule has 2 heterocycles. The Morgan fingerprint density at radius 2 is 1.88 bits per heavy atom. The quantitative estimate of drug-likeness (QED) is 0.545. The first-order chi connectivity index (χ1) is 8.27. The van der Waals surface area contributed by atoms with Gasteiger partial charge in [0.05, 0.1) is 16.2 Å².